The molecule has 1 atom stereocenters. The predicted octanol–water partition coefficient (Wildman–Crippen LogP) is 0.337. The summed E-state index contributed by atoms with van der Waals surface area (Å²) in [5.41, 5.74) is 4.06. The van der Waals surface area contributed by atoms with Crippen LogP contribution in [-0.4, -0.2) is 42.9 Å². The van der Waals surface area contributed by atoms with Crippen molar-refractivity contribution in [1.29, 1.82) is 0 Å². The quantitative estimate of drug-likeness (QED) is 0.771. The first-order valence-corrected chi connectivity index (χ1v) is 7.81. The fourth-order valence-corrected chi connectivity index (χ4v) is 3.02. The minimum Gasteiger partial charge on any atom is -0.332 e. The van der Waals surface area contributed by atoms with E-state index in [9.17, 15) is 14.4 Å². The fraction of sp³-hybridized carbons (Fsp3) is 0.438. The molecule has 3 rings (SSSR count). The van der Waals surface area contributed by atoms with E-state index in [2.05, 4.69) is 10.7 Å². The monoisotopic (exact) mass is 316 g/mol. The van der Waals surface area contributed by atoms with Crippen molar-refractivity contribution in [2.75, 3.05) is 25.0 Å². The first-order chi connectivity index (χ1) is 11.1. The highest BCUT2D eigenvalue weighted by atomic mass is 16.2. The van der Waals surface area contributed by atoms with Gasteiger partial charge in [0, 0.05) is 31.4 Å². The number of nitrogens with one attached hydrogen (secondary N) is 2. The molecular formula is C16H20N4O3. The number of nitrogens with zero attached hydrogens (tertiary/aromatic N) is 2. The third kappa shape index (κ3) is 3.05. The number of piperidine rings is 1. The van der Waals surface area contributed by atoms with Crippen LogP contribution in [-0.2, 0) is 14.4 Å². The first kappa shape index (κ1) is 15.5. The van der Waals surface area contributed by atoms with Crippen LogP contribution >= 0.6 is 0 Å². The summed E-state index contributed by atoms with van der Waals surface area (Å²) < 4.78 is 0. The Morgan fingerprint density at radius 2 is 1.78 bits per heavy atom. The number of hydrogen-bond donors (Lipinski definition) is 2. The molecule has 0 bridgehead atoms. The van der Waals surface area contributed by atoms with Crippen molar-refractivity contribution in [2.45, 2.75) is 25.3 Å². The van der Waals surface area contributed by atoms with Crippen LogP contribution in [0.25, 0.3) is 0 Å². The molecule has 2 heterocycles. The zero-order chi connectivity index (χ0) is 16.4. The molecule has 3 amide bonds. The van der Waals surface area contributed by atoms with Gasteiger partial charge in [-0.15, -0.1) is 0 Å². The molecule has 2 N–H and O–H groups in total. The van der Waals surface area contributed by atoms with E-state index in [1.54, 1.807) is 24.2 Å². The number of hydrazine groups is 1. The number of likely N-dealkylation sites (N-methyl/N-ethyl adjacent to an activating group) is 1. The second kappa shape index (κ2) is 6.37. The molecule has 0 radical (unpaired) electrons. The van der Waals surface area contributed by atoms with E-state index in [0.717, 1.165) is 38.0 Å². The largest absolute Gasteiger partial charge is 0.332 e. The SMILES string of the molecule is CN1C(=O)C(NC(=O)C(=O)NN2CCCCC2)c2ccccc21. The molecule has 7 heteroatoms. The number of rotatable bonds is 2. The van der Waals surface area contributed by atoms with E-state index in [4.69, 9.17) is 0 Å². The molecule has 2 aliphatic heterocycles. The number of carbonyl (C=O) groups excluding carboxylic acids is 3. The lowest BCUT2D eigenvalue weighted by Gasteiger charge is -2.26. The normalized spacial score (nSPS) is 21.0. The second-order valence-electron chi connectivity index (χ2n) is 5.85. The van der Waals surface area contributed by atoms with Crippen LogP contribution in [0.5, 0.6) is 0 Å². The van der Waals surface area contributed by atoms with Crippen LogP contribution in [0.2, 0.25) is 0 Å². The van der Waals surface area contributed by atoms with Crippen LogP contribution in [0.4, 0.5) is 5.69 Å². The Labute approximate surface area is 134 Å². The van der Waals surface area contributed by atoms with E-state index in [0.29, 0.717) is 5.56 Å². The first-order valence-electron chi connectivity index (χ1n) is 7.81. The molecule has 0 saturated carbocycles. The van der Waals surface area contributed by atoms with Gasteiger partial charge in [0.2, 0.25) is 0 Å². The minimum absolute atomic E-state index is 0.245. The zero-order valence-corrected chi connectivity index (χ0v) is 13.0. The fourth-order valence-electron chi connectivity index (χ4n) is 3.02. The molecule has 122 valence electrons. The van der Waals surface area contributed by atoms with Crippen molar-refractivity contribution in [3.63, 3.8) is 0 Å². The number of para-hydroxylation sites is 1. The van der Waals surface area contributed by atoms with Gasteiger partial charge < -0.3 is 10.2 Å². The van der Waals surface area contributed by atoms with Crippen LogP contribution < -0.4 is 15.6 Å². The molecule has 1 aromatic carbocycles. The Kier molecular flexibility index (Phi) is 4.29. The van der Waals surface area contributed by atoms with Crippen LogP contribution in [0.15, 0.2) is 24.3 Å². The molecule has 1 unspecified atom stereocenters. The van der Waals surface area contributed by atoms with Crippen LogP contribution in [0, 0.1) is 0 Å². The zero-order valence-electron chi connectivity index (χ0n) is 13.0. The molecule has 1 fully saturated rings. The number of anilines is 1. The molecular weight excluding hydrogens is 296 g/mol. The van der Waals surface area contributed by atoms with E-state index in [1.165, 1.54) is 4.90 Å². The Morgan fingerprint density at radius 1 is 1.09 bits per heavy atom. The highest BCUT2D eigenvalue weighted by molar-refractivity contribution is 6.35. The summed E-state index contributed by atoms with van der Waals surface area (Å²) in [6, 6.07) is 6.42. The molecule has 1 saturated heterocycles. The van der Waals surface area contributed by atoms with Gasteiger partial charge in [0.1, 0.15) is 6.04 Å². The summed E-state index contributed by atoms with van der Waals surface area (Å²) in [7, 11) is 1.65. The van der Waals surface area contributed by atoms with E-state index in [1.807, 2.05) is 12.1 Å². The van der Waals surface area contributed by atoms with Crippen molar-refractivity contribution in [2.24, 2.45) is 0 Å². The van der Waals surface area contributed by atoms with Gasteiger partial charge in [-0.2, -0.15) is 0 Å². The van der Waals surface area contributed by atoms with E-state index < -0.39 is 17.9 Å². The number of fused-ring (bicyclic) bond motifs is 1. The number of benzene rings is 1. The lowest BCUT2D eigenvalue weighted by molar-refractivity contribution is -0.143. The summed E-state index contributed by atoms with van der Waals surface area (Å²) in [6.45, 7) is 1.49. The Bertz CT molecular complexity index is 640. The van der Waals surface area contributed by atoms with E-state index in [-0.39, 0.29) is 5.91 Å². The van der Waals surface area contributed by atoms with Crippen molar-refractivity contribution in [1.82, 2.24) is 15.8 Å². The third-order valence-electron chi connectivity index (χ3n) is 4.28. The minimum atomic E-state index is -0.809. The number of carbonyl (C=O) groups is 3. The predicted molar refractivity (Wildman–Crippen MR) is 84.3 cm³/mol. The van der Waals surface area contributed by atoms with Crippen molar-refractivity contribution in [3.05, 3.63) is 29.8 Å². The van der Waals surface area contributed by atoms with Gasteiger partial charge in [-0.05, 0) is 18.9 Å². The maximum atomic E-state index is 12.3. The Morgan fingerprint density at radius 3 is 2.52 bits per heavy atom. The molecule has 1 aromatic rings. The Balaban J connectivity index is 1.65. The molecule has 7 nitrogen and oxygen atoms in total. The average Bonchev–Trinajstić information content (AvgIpc) is 2.81. The van der Waals surface area contributed by atoms with Gasteiger partial charge in [-0.3, -0.25) is 19.8 Å². The van der Waals surface area contributed by atoms with Crippen molar-refractivity contribution < 1.29 is 14.4 Å². The van der Waals surface area contributed by atoms with Gasteiger partial charge in [-0.1, -0.05) is 24.6 Å². The molecule has 0 spiro atoms. The summed E-state index contributed by atoms with van der Waals surface area (Å²) in [6.07, 6.45) is 3.14. The van der Waals surface area contributed by atoms with Crippen molar-refractivity contribution >= 4 is 23.4 Å². The smallest absolute Gasteiger partial charge is 0.323 e. The maximum absolute atomic E-state index is 12.3. The standard InChI is InChI=1S/C16H20N4O3/c1-19-12-8-4-3-7-11(12)13(16(19)23)17-14(21)15(22)18-20-9-5-2-6-10-20/h3-4,7-8,13H,2,5-6,9-10H2,1H3,(H,17,21)(H,18,22). The average molecular weight is 316 g/mol. The van der Waals surface area contributed by atoms with Gasteiger partial charge in [0.25, 0.3) is 5.91 Å². The van der Waals surface area contributed by atoms with Crippen LogP contribution in [0.1, 0.15) is 30.9 Å². The number of hydrogen-bond acceptors (Lipinski definition) is 4. The summed E-state index contributed by atoms with van der Waals surface area (Å²) in [5, 5.41) is 4.29. The highest BCUT2D eigenvalue weighted by Gasteiger charge is 2.37. The van der Waals surface area contributed by atoms with Gasteiger partial charge in [0.15, 0.2) is 0 Å². The van der Waals surface area contributed by atoms with E-state index >= 15 is 0 Å². The molecule has 2 aliphatic rings. The summed E-state index contributed by atoms with van der Waals surface area (Å²) >= 11 is 0. The Hall–Kier alpha value is -2.41. The van der Waals surface area contributed by atoms with Gasteiger partial charge >= 0.3 is 11.8 Å². The molecule has 0 aromatic heterocycles. The van der Waals surface area contributed by atoms with Gasteiger partial charge in [-0.25, -0.2) is 5.01 Å². The number of amides is 3. The maximum Gasteiger partial charge on any atom is 0.323 e. The second-order valence-corrected chi connectivity index (χ2v) is 5.85. The third-order valence-corrected chi connectivity index (χ3v) is 4.28. The topological polar surface area (TPSA) is 81.8 Å². The lowest BCUT2D eigenvalue weighted by Crippen LogP contribution is -2.51. The van der Waals surface area contributed by atoms with Crippen molar-refractivity contribution in [3.8, 4) is 0 Å². The van der Waals surface area contributed by atoms with Gasteiger partial charge in [0.05, 0.1) is 0 Å². The summed E-state index contributed by atoms with van der Waals surface area (Å²) in [5.74, 6) is -1.77. The molecule has 23 heavy (non-hydrogen) atoms. The van der Waals surface area contributed by atoms with Crippen LogP contribution in [0.3, 0.4) is 0 Å². The molecule has 0 aliphatic carbocycles. The summed E-state index contributed by atoms with van der Waals surface area (Å²) in [4.78, 5) is 37.9. The highest BCUT2D eigenvalue weighted by Crippen LogP contribution is 2.34. The lowest BCUT2D eigenvalue weighted by atomic mass is 10.1.